The van der Waals surface area contributed by atoms with Gasteiger partial charge in [0.2, 0.25) is 0 Å². The first-order chi connectivity index (χ1) is 13.4. The molecule has 29 heavy (non-hydrogen) atoms. The van der Waals surface area contributed by atoms with Crippen LogP contribution in [0, 0.1) is 11.2 Å². The highest BCUT2D eigenvalue weighted by Gasteiger charge is 2.45. The lowest BCUT2D eigenvalue weighted by Crippen LogP contribution is -2.49. The minimum absolute atomic E-state index is 0.201. The zero-order valence-electron chi connectivity index (χ0n) is 18.3. The van der Waals surface area contributed by atoms with E-state index >= 15 is 0 Å². The fourth-order valence-corrected chi connectivity index (χ4v) is 3.64. The van der Waals surface area contributed by atoms with Gasteiger partial charge in [-0.05, 0) is 47.6 Å². The summed E-state index contributed by atoms with van der Waals surface area (Å²) in [5.74, 6) is 0.618. The second-order valence-electron chi connectivity index (χ2n) is 9.30. The van der Waals surface area contributed by atoms with E-state index in [1.165, 1.54) is 12.1 Å². The van der Waals surface area contributed by atoms with Gasteiger partial charge in [-0.25, -0.2) is 9.38 Å². The van der Waals surface area contributed by atoms with Crippen molar-refractivity contribution in [3.63, 3.8) is 0 Å². The van der Waals surface area contributed by atoms with Crippen LogP contribution in [0.4, 0.5) is 10.1 Å². The molecule has 2 aromatic carbocycles. The number of methoxy groups -OCH3 is 1. The van der Waals surface area contributed by atoms with Gasteiger partial charge in [-0.1, -0.05) is 52.8 Å². The van der Waals surface area contributed by atoms with Gasteiger partial charge in [0.1, 0.15) is 17.4 Å². The van der Waals surface area contributed by atoms with Crippen molar-refractivity contribution in [2.45, 2.75) is 58.5 Å². The van der Waals surface area contributed by atoms with Gasteiger partial charge in [-0.3, -0.25) is 0 Å². The number of aliphatic imine (C=N–C) groups is 1. The number of benzene rings is 2. The third-order valence-electron chi connectivity index (χ3n) is 5.52. The van der Waals surface area contributed by atoms with Crippen molar-refractivity contribution >= 4 is 11.5 Å². The van der Waals surface area contributed by atoms with E-state index in [2.05, 4.69) is 4.99 Å². The molecule has 0 aliphatic heterocycles. The number of hydrogen-bond donors (Lipinski definition) is 2. The SMILES string of the molecule is COc1ccc(F)cc1C(C)(C)CC(O)(CC(N)=Nc1ccccc1)C(C)(C)C. The van der Waals surface area contributed by atoms with Crippen LogP contribution in [0.2, 0.25) is 0 Å². The van der Waals surface area contributed by atoms with E-state index in [1.807, 2.05) is 65.0 Å². The summed E-state index contributed by atoms with van der Waals surface area (Å²) in [5, 5.41) is 11.7. The maximum atomic E-state index is 14.0. The summed E-state index contributed by atoms with van der Waals surface area (Å²) in [6.07, 6.45) is 0.556. The molecule has 0 aromatic heterocycles. The zero-order chi connectivity index (χ0) is 21.9. The molecule has 1 atom stereocenters. The van der Waals surface area contributed by atoms with Gasteiger partial charge in [-0.2, -0.15) is 0 Å². The van der Waals surface area contributed by atoms with E-state index in [0.29, 0.717) is 23.6 Å². The molecule has 4 nitrogen and oxygen atoms in total. The Morgan fingerprint density at radius 3 is 2.24 bits per heavy atom. The van der Waals surface area contributed by atoms with Crippen LogP contribution in [0.1, 0.15) is 53.0 Å². The maximum Gasteiger partial charge on any atom is 0.123 e. The monoisotopic (exact) mass is 400 g/mol. The first-order valence-electron chi connectivity index (χ1n) is 9.82. The highest BCUT2D eigenvalue weighted by atomic mass is 19.1. The molecule has 2 aromatic rings. The Kier molecular flexibility index (Phi) is 6.74. The lowest BCUT2D eigenvalue weighted by molar-refractivity contribution is -0.0717. The van der Waals surface area contributed by atoms with Gasteiger partial charge in [0.15, 0.2) is 0 Å². The number of ether oxygens (including phenoxy) is 1. The van der Waals surface area contributed by atoms with Crippen LogP contribution >= 0.6 is 0 Å². The van der Waals surface area contributed by atoms with Crippen molar-refractivity contribution < 1.29 is 14.2 Å². The first-order valence-corrected chi connectivity index (χ1v) is 9.82. The van der Waals surface area contributed by atoms with Crippen molar-refractivity contribution in [1.82, 2.24) is 0 Å². The van der Waals surface area contributed by atoms with Crippen molar-refractivity contribution in [3.05, 3.63) is 59.9 Å². The predicted molar refractivity (Wildman–Crippen MR) is 117 cm³/mol. The highest BCUT2D eigenvalue weighted by molar-refractivity contribution is 5.84. The summed E-state index contributed by atoms with van der Waals surface area (Å²) in [6, 6.07) is 13.9. The first kappa shape index (κ1) is 22.9. The van der Waals surface area contributed by atoms with Crippen molar-refractivity contribution in [2.24, 2.45) is 16.1 Å². The fourth-order valence-electron chi connectivity index (χ4n) is 3.64. The molecule has 0 saturated carbocycles. The van der Waals surface area contributed by atoms with E-state index < -0.39 is 16.4 Å². The van der Waals surface area contributed by atoms with Gasteiger partial charge >= 0.3 is 0 Å². The van der Waals surface area contributed by atoms with Crippen LogP contribution in [-0.2, 0) is 5.41 Å². The molecular weight excluding hydrogens is 367 g/mol. The quantitative estimate of drug-likeness (QED) is 0.486. The molecule has 0 bridgehead atoms. The van der Waals surface area contributed by atoms with Crippen LogP contribution < -0.4 is 10.5 Å². The van der Waals surface area contributed by atoms with E-state index in [4.69, 9.17) is 10.5 Å². The Balaban J connectivity index is 2.39. The van der Waals surface area contributed by atoms with Gasteiger partial charge in [0.25, 0.3) is 0 Å². The Hall–Kier alpha value is -2.40. The Labute approximate surface area is 173 Å². The third-order valence-corrected chi connectivity index (χ3v) is 5.52. The minimum atomic E-state index is -1.17. The van der Waals surface area contributed by atoms with E-state index in [-0.39, 0.29) is 12.2 Å². The van der Waals surface area contributed by atoms with Crippen LogP contribution in [0.3, 0.4) is 0 Å². The molecule has 3 N–H and O–H groups in total. The molecule has 0 aliphatic rings. The number of halogens is 1. The topological polar surface area (TPSA) is 67.8 Å². The minimum Gasteiger partial charge on any atom is -0.496 e. The summed E-state index contributed by atoms with van der Waals surface area (Å²) in [6.45, 7) is 9.88. The zero-order valence-corrected chi connectivity index (χ0v) is 18.3. The molecule has 0 aliphatic carbocycles. The van der Waals surface area contributed by atoms with Gasteiger partial charge in [-0.15, -0.1) is 0 Å². The molecule has 0 heterocycles. The van der Waals surface area contributed by atoms with Gasteiger partial charge < -0.3 is 15.6 Å². The molecule has 0 spiro atoms. The van der Waals surface area contributed by atoms with Crippen LogP contribution in [-0.4, -0.2) is 23.7 Å². The molecule has 0 radical (unpaired) electrons. The average molecular weight is 401 g/mol. The number of aliphatic hydroxyl groups is 1. The number of hydrogen-bond acceptors (Lipinski definition) is 3. The molecule has 2 rings (SSSR count). The van der Waals surface area contributed by atoms with Gasteiger partial charge in [0, 0.05) is 12.0 Å². The predicted octanol–water partition coefficient (Wildman–Crippen LogP) is 5.36. The molecule has 0 saturated heterocycles. The lowest BCUT2D eigenvalue weighted by Gasteiger charge is -2.45. The second kappa shape index (κ2) is 8.54. The molecule has 0 fully saturated rings. The summed E-state index contributed by atoms with van der Waals surface area (Å²) >= 11 is 0. The standard InChI is InChI=1S/C24H33FN2O2/c1-22(2,3)24(28,15-21(26)27-18-10-8-7-9-11-18)16-23(4,5)19-14-17(25)12-13-20(19)29-6/h7-14,28H,15-16H2,1-6H3,(H2,26,27). The number of nitrogens with zero attached hydrogens (tertiary/aromatic N) is 1. The summed E-state index contributed by atoms with van der Waals surface area (Å²) in [5.41, 5.74) is 5.46. The van der Waals surface area contributed by atoms with Gasteiger partial charge in [0.05, 0.1) is 18.4 Å². The Bertz CT molecular complexity index is 857. The lowest BCUT2D eigenvalue weighted by atomic mass is 9.64. The van der Waals surface area contributed by atoms with Crippen molar-refractivity contribution in [2.75, 3.05) is 7.11 Å². The van der Waals surface area contributed by atoms with Crippen LogP contribution in [0.5, 0.6) is 5.75 Å². The number of amidine groups is 1. The Morgan fingerprint density at radius 2 is 1.69 bits per heavy atom. The number of para-hydroxylation sites is 1. The molecule has 5 heteroatoms. The second-order valence-corrected chi connectivity index (χ2v) is 9.30. The summed E-state index contributed by atoms with van der Waals surface area (Å²) < 4.78 is 19.4. The van der Waals surface area contributed by atoms with E-state index in [9.17, 15) is 9.50 Å². The third kappa shape index (κ3) is 5.57. The fraction of sp³-hybridized carbons (Fsp3) is 0.458. The van der Waals surface area contributed by atoms with Crippen LogP contribution in [0.15, 0.2) is 53.5 Å². The van der Waals surface area contributed by atoms with Crippen molar-refractivity contribution in [3.8, 4) is 5.75 Å². The molecule has 0 amide bonds. The van der Waals surface area contributed by atoms with E-state index in [0.717, 1.165) is 5.69 Å². The summed E-state index contributed by atoms with van der Waals surface area (Å²) in [7, 11) is 1.56. The molecule has 158 valence electrons. The average Bonchev–Trinajstić information content (AvgIpc) is 2.61. The molecular formula is C24H33FN2O2. The van der Waals surface area contributed by atoms with Crippen molar-refractivity contribution in [1.29, 1.82) is 0 Å². The molecule has 1 unspecified atom stereocenters. The normalized spacial score (nSPS) is 15.1. The number of rotatable bonds is 7. The Morgan fingerprint density at radius 1 is 1.07 bits per heavy atom. The summed E-state index contributed by atoms with van der Waals surface area (Å²) in [4.78, 5) is 4.46. The highest BCUT2D eigenvalue weighted by Crippen LogP contribution is 2.45. The number of nitrogens with two attached hydrogens (primary N) is 1. The smallest absolute Gasteiger partial charge is 0.123 e. The largest absolute Gasteiger partial charge is 0.496 e. The van der Waals surface area contributed by atoms with Crippen LogP contribution in [0.25, 0.3) is 0 Å². The van der Waals surface area contributed by atoms with E-state index in [1.54, 1.807) is 13.2 Å². The maximum absolute atomic E-state index is 14.0.